The van der Waals surface area contributed by atoms with Gasteiger partial charge in [-0.1, -0.05) is 23.2 Å². The SMILES string of the molecule is CNCc1cc(Cl)cc(Cl)c1OCC(O)COCCOC. The summed E-state index contributed by atoms with van der Waals surface area (Å²) in [6.07, 6.45) is -0.740. The molecule has 0 aliphatic rings. The van der Waals surface area contributed by atoms with E-state index in [0.717, 1.165) is 5.56 Å². The Morgan fingerprint density at radius 2 is 2.00 bits per heavy atom. The van der Waals surface area contributed by atoms with Gasteiger partial charge < -0.3 is 24.6 Å². The zero-order chi connectivity index (χ0) is 15.7. The molecule has 2 N–H and O–H groups in total. The summed E-state index contributed by atoms with van der Waals surface area (Å²) in [6.45, 7) is 1.75. The second-order valence-electron chi connectivity index (χ2n) is 4.44. The Bertz CT molecular complexity index is 432. The predicted octanol–water partition coefficient (Wildman–Crippen LogP) is 2.12. The van der Waals surface area contributed by atoms with Crippen molar-refractivity contribution in [2.24, 2.45) is 0 Å². The van der Waals surface area contributed by atoms with E-state index < -0.39 is 6.10 Å². The molecule has 0 heterocycles. The third kappa shape index (κ3) is 6.82. The van der Waals surface area contributed by atoms with E-state index >= 15 is 0 Å². The van der Waals surface area contributed by atoms with E-state index in [1.807, 2.05) is 7.05 Å². The fourth-order valence-electron chi connectivity index (χ4n) is 1.69. The van der Waals surface area contributed by atoms with E-state index in [4.69, 9.17) is 37.4 Å². The van der Waals surface area contributed by atoms with Crippen LogP contribution in [-0.2, 0) is 16.0 Å². The van der Waals surface area contributed by atoms with Gasteiger partial charge >= 0.3 is 0 Å². The van der Waals surface area contributed by atoms with Crippen molar-refractivity contribution >= 4 is 23.2 Å². The molecule has 0 bridgehead atoms. The van der Waals surface area contributed by atoms with Crippen LogP contribution in [0.5, 0.6) is 5.75 Å². The third-order valence-corrected chi connectivity index (χ3v) is 3.11. The van der Waals surface area contributed by atoms with Crippen LogP contribution in [0, 0.1) is 0 Å². The molecule has 1 rings (SSSR count). The predicted molar refractivity (Wildman–Crippen MR) is 83.4 cm³/mol. The van der Waals surface area contributed by atoms with Crippen LogP contribution in [0.25, 0.3) is 0 Å². The molecule has 7 heteroatoms. The van der Waals surface area contributed by atoms with Gasteiger partial charge in [0.1, 0.15) is 18.5 Å². The maximum Gasteiger partial charge on any atom is 0.142 e. The van der Waals surface area contributed by atoms with Crippen molar-refractivity contribution in [2.75, 3.05) is 40.6 Å². The minimum atomic E-state index is -0.740. The summed E-state index contributed by atoms with van der Waals surface area (Å²) < 4.78 is 15.7. The molecule has 0 saturated heterocycles. The first kappa shape index (κ1) is 18.5. The quantitative estimate of drug-likeness (QED) is 0.640. The lowest BCUT2D eigenvalue weighted by Crippen LogP contribution is -2.25. The van der Waals surface area contributed by atoms with E-state index in [1.165, 1.54) is 0 Å². The number of halogens is 2. The molecule has 1 aromatic carbocycles. The summed E-state index contributed by atoms with van der Waals surface area (Å²) >= 11 is 12.1. The number of rotatable bonds is 10. The highest BCUT2D eigenvalue weighted by atomic mass is 35.5. The van der Waals surface area contributed by atoms with E-state index in [0.29, 0.717) is 35.6 Å². The van der Waals surface area contributed by atoms with Crippen LogP contribution in [0.4, 0.5) is 0 Å². The fourth-order valence-corrected chi connectivity index (χ4v) is 2.28. The summed E-state index contributed by atoms with van der Waals surface area (Å²) in [5, 5.41) is 13.8. The second kappa shape index (κ2) is 10.2. The lowest BCUT2D eigenvalue weighted by Gasteiger charge is -2.16. The minimum Gasteiger partial charge on any atom is -0.489 e. The van der Waals surface area contributed by atoms with Crippen LogP contribution < -0.4 is 10.1 Å². The van der Waals surface area contributed by atoms with Gasteiger partial charge in [-0.15, -0.1) is 0 Å². The average molecular weight is 338 g/mol. The molecule has 0 amide bonds. The third-order valence-electron chi connectivity index (χ3n) is 2.61. The molecule has 21 heavy (non-hydrogen) atoms. The summed E-state index contributed by atoms with van der Waals surface area (Å²) in [7, 11) is 3.41. The highest BCUT2D eigenvalue weighted by molar-refractivity contribution is 6.35. The fraction of sp³-hybridized carbons (Fsp3) is 0.571. The largest absolute Gasteiger partial charge is 0.489 e. The summed E-state index contributed by atoms with van der Waals surface area (Å²) in [4.78, 5) is 0. The highest BCUT2D eigenvalue weighted by Gasteiger charge is 2.13. The van der Waals surface area contributed by atoms with Gasteiger partial charge in [-0.3, -0.25) is 0 Å². The number of hydrogen-bond acceptors (Lipinski definition) is 5. The molecule has 120 valence electrons. The van der Waals surface area contributed by atoms with Gasteiger partial charge in [0.25, 0.3) is 0 Å². The molecular formula is C14H21Cl2NO4. The molecule has 0 aliphatic carbocycles. The Morgan fingerprint density at radius 3 is 2.67 bits per heavy atom. The van der Waals surface area contributed by atoms with Crippen molar-refractivity contribution in [1.29, 1.82) is 0 Å². The molecule has 0 fully saturated rings. The Labute approximate surface area is 135 Å². The smallest absolute Gasteiger partial charge is 0.142 e. The van der Waals surface area contributed by atoms with Crippen molar-refractivity contribution in [1.82, 2.24) is 5.32 Å². The number of aliphatic hydroxyl groups excluding tert-OH is 1. The number of nitrogens with one attached hydrogen (secondary N) is 1. The van der Waals surface area contributed by atoms with Crippen LogP contribution in [0.15, 0.2) is 12.1 Å². The molecule has 5 nitrogen and oxygen atoms in total. The zero-order valence-corrected chi connectivity index (χ0v) is 13.7. The Balaban J connectivity index is 2.53. The number of methoxy groups -OCH3 is 1. The molecule has 1 aromatic rings. The molecule has 1 atom stereocenters. The molecule has 0 aliphatic heterocycles. The lowest BCUT2D eigenvalue weighted by atomic mass is 10.2. The summed E-state index contributed by atoms with van der Waals surface area (Å²) in [6, 6.07) is 3.39. The Morgan fingerprint density at radius 1 is 1.24 bits per heavy atom. The maximum absolute atomic E-state index is 9.80. The molecule has 0 radical (unpaired) electrons. The van der Waals surface area contributed by atoms with Crippen molar-refractivity contribution in [2.45, 2.75) is 12.6 Å². The van der Waals surface area contributed by atoms with E-state index in [-0.39, 0.29) is 13.2 Å². The summed E-state index contributed by atoms with van der Waals surface area (Å²) in [5.41, 5.74) is 0.836. The average Bonchev–Trinajstić information content (AvgIpc) is 2.43. The van der Waals surface area contributed by atoms with Crippen molar-refractivity contribution in [3.63, 3.8) is 0 Å². The van der Waals surface area contributed by atoms with Crippen molar-refractivity contribution in [3.05, 3.63) is 27.7 Å². The van der Waals surface area contributed by atoms with Crippen LogP contribution in [0.1, 0.15) is 5.56 Å². The van der Waals surface area contributed by atoms with Gasteiger partial charge in [0.2, 0.25) is 0 Å². The first-order chi connectivity index (χ1) is 10.1. The van der Waals surface area contributed by atoms with Crippen LogP contribution in [-0.4, -0.2) is 51.8 Å². The van der Waals surface area contributed by atoms with Crippen molar-refractivity contribution in [3.8, 4) is 5.75 Å². The second-order valence-corrected chi connectivity index (χ2v) is 5.28. The van der Waals surface area contributed by atoms with E-state index in [2.05, 4.69) is 5.32 Å². The zero-order valence-electron chi connectivity index (χ0n) is 12.2. The Hall–Kier alpha value is -0.560. The standard InChI is InChI=1S/C14H21Cl2NO4/c1-17-7-10-5-11(15)6-13(16)14(10)21-9-12(18)8-20-4-3-19-2/h5-6,12,17-18H,3-4,7-9H2,1-2H3. The minimum absolute atomic E-state index is 0.0883. The molecule has 0 aromatic heterocycles. The van der Waals surface area contributed by atoms with Gasteiger partial charge in [-0.2, -0.15) is 0 Å². The van der Waals surface area contributed by atoms with Crippen LogP contribution in [0.2, 0.25) is 10.0 Å². The maximum atomic E-state index is 9.80. The number of ether oxygens (including phenoxy) is 3. The van der Waals surface area contributed by atoms with Crippen LogP contribution in [0.3, 0.4) is 0 Å². The van der Waals surface area contributed by atoms with Gasteiger partial charge in [0.05, 0.1) is 24.8 Å². The molecule has 0 saturated carbocycles. The number of benzene rings is 1. The molecule has 1 unspecified atom stereocenters. The summed E-state index contributed by atoms with van der Waals surface area (Å²) in [5.74, 6) is 0.520. The first-order valence-electron chi connectivity index (χ1n) is 6.58. The first-order valence-corrected chi connectivity index (χ1v) is 7.34. The normalized spacial score (nSPS) is 12.4. The Kier molecular flexibility index (Phi) is 8.99. The number of hydrogen-bond donors (Lipinski definition) is 2. The lowest BCUT2D eigenvalue weighted by molar-refractivity contribution is -0.00430. The van der Waals surface area contributed by atoms with Gasteiger partial charge in [0, 0.05) is 24.2 Å². The van der Waals surface area contributed by atoms with E-state index in [9.17, 15) is 5.11 Å². The van der Waals surface area contributed by atoms with Gasteiger partial charge in [-0.05, 0) is 19.2 Å². The van der Waals surface area contributed by atoms with Gasteiger partial charge in [0.15, 0.2) is 0 Å². The molecular weight excluding hydrogens is 317 g/mol. The number of aliphatic hydroxyl groups is 1. The monoisotopic (exact) mass is 337 g/mol. The topological polar surface area (TPSA) is 60.0 Å². The molecule has 0 spiro atoms. The van der Waals surface area contributed by atoms with Crippen LogP contribution >= 0.6 is 23.2 Å². The van der Waals surface area contributed by atoms with Gasteiger partial charge in [-0.25, -0.2) is 0 Å². The van der Waals surface area contributed by atoms with E-state index in [1.54, 1.807) is 19.2 Å². The highest BCUT2D eigenvalue weighted by Crippen LogP contribution is 2.32. The van der Waals surface area contributed by atoms with Crippen molar-refractivity contribution < 1.29 is 19.3 Å².